The summed E-state index contributed by atoms with van der Waals surface area (Å²) in [7, 11) is 0. The third kappa shape index (κ3) is 4.33. The second kappa shape index (κ2) is 11.2. The lowest BCUT2D eigenvalue weighted by molar-refractivity contribution is 0.660. The minimum absolute atomic E-state index is 0.0419. The third-order valence-electron chi connectivity index (χ3n) is 11.7. The molecule has 0 unspecified atom stereocenters. The molecule has 0 N–H and O–H groups in total. The molecule has 53 heavy (non-hydrogen) atoms. The van der Waals surface area contributed by atoms with E-state index in [-0.39, 0.29) is 5.41 Å². The summed E-state index contributed by atoms with van der Waals surface area (Å²) in [4.78, 5) is 0. The molecule has 250 valence electrons. The molecule has 0 saturated carbocycles. The van der Waals surface area contributed by atoms with Gasteiger partial charge in [0, 0.05) is 38.3 Å². The number of hydrogen-bond donors (Lipinski definition) is 0. The van der Waals surface area contributed by atoms with Gasteiger partial charge in [-0.15, -0.1) is 0 Å². The molecule has 0 aliphatic heterocycles. The molecular formula is C51H36N2. The SMILES string of the molecule is CC1(C)c2ccccc2-c2c(-c3cccc(-n4c5ccccc5c5cc6c(cc54)c4ccccc4n6-c4cccc(-c5ccccc5)c4)c3)cccc21. The van der Waals surface area contributed by atoms with Gasteiger partial charge >= 0.3 is 0 Å². The molecule has 0 fully saturated rings. The zero-order valence-electron chi connectivity index (χ0n) is 29.7. The summed E-state index contributed by atoms with van der Waals surface area (Å²) in [6, 6.07) is 67.1. The lowest BCUT2D eigenvalue weighted by Crippen LogP contribution is -2.14. The number of fused-ring (bicyclic) bond motifs is 9. The first-order valence-electron chi connectivity index (χ1n) is 18.5. The van der Waals surface area contributed by atoms with E-state index in [1.54, 1.807) is 0 Å². The Bertz CT molecular complexity index is 3080. The van der Waals surface area contributed by atoms with Crippen LogP contribution in [0.15, 0.2) is 182 Å². The summed E-state index contributed by atoms with van der Waals surface area (Å²) in [5, 5.41) is 5.00. The van der Waals surface area contributed by atoms with Crippen LogP contribution in [0.3, 0.4) is 0 Å². The van der Waals surface area contributed by atoms with E-state index in [2.05, 4.69) is 205 Å². The van der Waals surface area contributed by atoms with Crippen molar-refractivity contribution in [3.05, 3.63) is 193 Å². The van der Waals surface area contributed by atoms with Gasteiger partial charge < -0.3 is 9.13 Å². The normalized spacial score (nSPS) is 13.2. The summed E-state index contributed by atoms with van der Waals surface area (Å²) < 4.78 is 4.91. The fraction of sp³-hybridized carbons (Fsp3) is 0.0588. The Morgan fingerprint density at radius 1 is 0.340 bits per heavy atom. The van der Waals surface area contributed by atoms with Gasteiger partial charge in [0.2, 0.25) is 0 Å². The van der Waals surface area contributed by atoms with Crippen molar-refractivity contribution in [2.24, 2.45) is 0 Å². The quantitative estimate of drug-likeness (QED) is 0.176. The van der Waals surface area contributed by atoms with Gasteiger partial charge in [-0.2, -0.15) is 0 Å². The van der Waals surface area contributed by atoms with Gasteiger partial charge in [-0.3, -0.25) is 0 Å². The van der Waals surface area contributed by atoms with Crippen LogP contribution in [0.1, 0.15) is 25.0 Å². The smallest absolute Gasteiger partial charge is 0.0548 e. The van der Waals surface area contributed by atoms with Crippen molar-refractivity contribution in [2.75, 3.05) is 0 Å². The standard InChI is InChI=1S/C51H36N2/c1-51(2)44-25-9-6-23-41(44)50-38(24-14-26-45(50)51)35-18-13-20-37(30-35)53-47-28-11-8-22-40(47)43-31-48-42(32-49(43)53)39-21-7-10-27-46(39)52(48)36-19-12-17-34(29-36)33-15-4-3-5-16-33/h3-32H,1-2H3. The molecule has 2 aromatic heterocycles. The number of aromatic nitrogens is 2. The van der Waals surface area contributed by atoms with Gasteiger partial charge in [-0.05, 0) is 93.0 Å². The van der Waals surface area contributed by atoms with E-state index in [0.29, 0.717) is 0 Å². The maximum atomic E-state index is 2.47. The molecule has 1 aliphatic rings. The molecule has 0 bridgehead atoms. The van der Waals surface area contributed by atoms with Crippen LogP contribution in [0.5, 0.6) is 0 Å². The Hall–Kier alpha value is -6.64. The van der Waals surface area contributed by atoms with Crippen molar-refractivity contribution < 1.29 is 0 Å². The number of nitrogens with zero attached hydrogens (tertiary/aromatic N) is 2. The maximum Gasteiger partial charge on any atom is 0.0548 e. The van der Waals surface area contributed by atoms with Crippen molar-refractivity contribution in [2.45, 2.75) is 19.3 Å². The van der Waals surface area contributed by atoms with E-state index in [1.807, 2.05) is 0 Å². The number of rotatable bonds is 4. The highest BCUT2D eigenvalue weighted by molar-refractivity contribution is 6.19. The first-order valence-corrected chi connectivity index (χ1v) is 18.5. The average molecular weight is 677 g/mol. The van der Waals surface area contributed by atoms with Crippen molar-refractivity contribution in [1.82, 2.24) is 9.13 Å². The zero-order valence-corrected chi connectivity index (χ0v) is 29.7. The number of benzene rings is 8. The largest absolute Gasteiger partial charge is 0.309 e. The van der Waals surface area contributed by atoms with Crippen LogP contribution in [-0.2, 0) is 5.41 Å². The molecular weight excluding hydrogens is 641 g/mol. The Balaban J connectivity index is 1.15. The lowest BCUT2D eigenvalue weighted by atomic mass is 9.82. The van der Waals surface area contributed by atoms with Crippen molar-refractivity contribution in [3.63, 3.8) is 0 Å². The van der Waals surface area contributed by atoms with Crippen LogP contribution in [0.2, 0.25) is 0 Å². The minimum atomic E-state index is -0.0419. The van der Waals surface area contributed by atoms with Gasteiger partial charge in [-0.25, -0.2) is 0 Å². The average Bonchev–Trinajstić information content (AvgIpc) is 3.80. The molecule has 2 heterocycles. The molecule has 0 radical (unpaired) electrons. The molecule has 2 heteroatoms. The Labute approximate surface area is 308 Å². The van der Waals surface area contributed by atoms with E-state index in [9.17, 15) is 0 Å². The fourth-order valence-electron chi connectivity index (χ4n) is 9.25. The highest BCUT2D eigenvalue weighted by Crippen LogP contribution is 2.52. The lowest BCUT2D eigenvalue weighted by Gasteiger charge is -2.21. The van der Waals surface area contributed by atoms with E-state index < -0.39 is 0 Å². The van der Waals surface area contributed by atoms with E-state index in [0.717, 1.165) is 11.4 Å². The summed E-state index contributed by atoms with van der Waals surface area (Å²) in [6.45, 7) is 4.71. The van der Waals surface area contributed by atoms with Gasteiger partial charge in [0.05, 0.1) is 22.1 Å². The third-order valence-corrected chi connectivity index (χ3v) is 11.7. The van der Waals surface area contributed by atoms with Crippen LogP contribution in [-0.4, -0.2) is 9.13 Å². The first kappa shape index (κ1) is 30.0. The summed E-state index contributed by atoms with van der Waals surface area (Å²) >= 11 is 0. The molecule has 0 saturated heterocycles. The highest BCUT2D eigenvalue weighted by atomic mass is 15.0. The van der Waals surface area contributed by atoms with Crippen molar-refractivity contribution >= 4 is 43.6 Å². The number of hydrogen-bond acceptors (Lipinski definition) is 0. The topological polar surface area (TPSA) is 9.86 Å². The number of para-hydroxylation sites is 2. The van der Waals surface area contributed by atoms with Crippen molar-refractivity contribution in [1.29, 1.82) is 0 Å². The second-order valence-electron chi connectivity index (χ2n) is 15.0. The molecule has 11 rings (SSSR count). The molecule has 0 amide bonds. The predicted molar refractivity (Wildman–Crippen MR) is 224 cm³/mol. The molecule has 1 aliphatic carbocycles. The minimum Gasteiger partial charge on any atom is -0.309 e. The molecule has 2 nitrogen and oxygen atoms in total. The fourth-order valence-corrected chi connectivity index (χ4v) is 9.25. The van der Waals surface area contributed by atoms with Crippen LogP contribution in [0.4, 0.5) is 0 Å². The van der Waals surface area contributed by atoms with Crippen LogP contribution in [0, 0.1) is 0 Å². The maximum absolute atomic E-state index is 2.47. The second-order valence-corrected chi connectivity index (χ2v) is 15.0. The predicted octanol–water partition coefficient (Wildman–Crippen LogP) is 13.5. The molecule has 8 aromatic carbocycles. The highest BCUT2D eigenvalue weighted by Gasteiger charge is 2.36. The van der Waals surface area contributed by atoms with Crippen LogP contribution < -0.4 is 0 Å². The van der Waals surface area contributed by atoms with Crippen LogP contribution >= 0.6 is 0 Å². The Morgan fingerprint density at radius 3 is 1.51 bits per heavy atom. The van der Waals surface area contributed by atoms with Crippen LogP contribution in [0.25, 0.3) is 88.4 Å². The van der Waals surface area contributed by atoms with Gasteiger partial charge in [0.15, 0.2) is 0 Å². The Kier molecular flexibility index (Phi) is 6.33. The Morgan fingerprint density at radius 2 is 0.830 bits per heavy atom. The zero-order chi connectivity index (χ0) is 35.3. The van der Waals surface area contributed by atoms with E-state index in [4.69, 9.17) is 0 Å². The van der Waals surface area contributed by atoms with Gasteiger partial charge in [0.1, 0.15) is 0 Å². The van der Waals surface area contributed by atoms with E-state index in [1.165, 1.54) is 88.1 Å². The van der Waals surface area contributed by atoms with Gasteiger partial charge in [-0.1, -0.05) is 147 Å². The first-order chi connectivity index (χ1) is 26.1. The molecule has 10 aromatic rings. The van der Waals surface area contributed by atoms with E-state index >= 15 is 0 Å². The summed E-state index contributed by atoms with van der Waals surface area (Å²) in [5.74, 6) is 0. The summed E-state index contributed by atoms with van der Waals surface area (Å²) in [5.41, 5.74) is 17.6. The van der Waals surface area contributed by atoms with Crippen molar-refractivity contribution in [3.8, 4) is 44.8 Å². The molecule has 0 atom stereocenters. The molecule has 0 spiro atoms. The summed E-state index contributed by atoms with van der Waals surface area (Å²) in [6.07, 6.45) is 0. The van der Waals surface area contributed by atoms with Gasteiger partial charge in [0.25, 0.3) is 0 Å². The monoisotopic (exact) mass is 676 g/mol.